The number of amides is 2. The van der Waals surface area contributed by atoms with Gasteiger partial charge in [-0.25, -0.2) is 19.2 Å². The second-order valence-corrected chi connectivity index (χ2v) is 8.09. The van der Waals surface area contributed by atoms with Crippen LogP contribution in [0.5, 0.6) is 0 Å². The number of benzene rings is 3. The molecule has 0 unspecified atom stereocenters. The maximum Gasteiger partial charge on any atom is 0.407 e. The Labute approximate surface area is 200 Å². The van der Waals surface area contributed by atoms with Crippen molar-refractivity contribution in [2.45, 2.75) is 13.1 Å². The first kappa shape index (κ1) is 22.0. The van der Waals surface area contributed by atoms with Gasteiger partial charge in [-0.05, 0) is 59.2 Å². The molecule has 0 radical (unpaired) electrons. The average Bonchev–Trinajstić information content (AvgIpc) is 3.29. The molecule has 9 heteroatoms. The molecule has 1 aliphatic rings. The normalized spacial score (nSPS) is 12.2. The Hall–Kier alpha value is -4.79. The summed E-state index contributed by atoms with van der Waals surface area (Å²) in [6.07, 6.45) is 2.23. The van der Waals surface area contributed by atoms with Gasteiger partial charge < -0.3 is 15.7 Å². The Morgan fingerprint density at radius 2 is 1.63 bits per heavy atom. The lowest BCUT2D eigenvalue weighted by molar-refractivity contribution is 0.102. The molecule has 5 rings (SSSR count). The number of fused-ring (bicyclic) bond motifs is 1. The quantitative estimate of drug-likeness (QED) is 0.367. The molecule has 0 fully saturated rings. The summed E-state index contributed by atoms with van der Waals surface area (Å²) >= 11 is 0. The Bertz CT molecular complexity index is 1420. The molecule has 2 amide bonds. The highest BCUT2D eigenvalue weighted by Crippen LogP contribution is 2.26. The lowest BCUT2D eigenvalue weighted by Gasteiger charge is -2.10. The third-order valence-corrected chi connectivity index (χ3v) is 5.65. The van der Waals surface area contributed by atoms with E-state index in [2.05, 4.69) is 20.6 Å². The highest BCUT2D eigenvalue weighted by atomic mass is 19.1. The minimum absolute atomic E-state index is 0.297. The van der Waals surface area contributed by atoms with Crippen molar-refractivity contribution in [3.63, 3.8) is 0 Å². The maximum atomic E-state index is 13.5. The van der Waals surface area contributed by atoms with Gasteiger partial charge in [-0.2, -0.15) is 0 Å². The van der Waals surface area contributed by atoms with Crippen molar-refractivity contribution in [1.82, 2.24) is 14.9 Å². The van der Waals surface area contributed by atoms with Crippen molar-refractivity contribution in [3.05, 3.63) is 102 Å². The number of carbonyl (C=O) groups excluding carboxylic acids is 1. The molecule has 1 aromatic heterocycles. The maximum absolute atomic E-state index is 13.5. The van der Waals surface area contributed by atoms with Gasteiger partial charge in [0.15, 0.2) is 0 Å². The van der Waals surface area contributed by atoms with Crippen LogP contribution in [0.3, 0.4) is 0 Å². The fraction of sp³-hybridized carbons (Fsp3) is 0.0769. The van der Waals surface area contributed by atoms with Crippen LogP contribution < -0.4 is 10.6 Å². The highest BCUT2D eigenvalue weighted by molar-refractivity contribution is 6.05. The van der Waals surface area contributed by atoms with Crippen LogP contribution in [0.25, 0.3) is 11.1 Å². The number of nitrogens with zero attached hydrogens (tertiary/aromatic N) is 3. The number of hydrogen-bond donors (Lipinski definition) is 3. The zero-order valence-electron chi connectivity index (χ0n) is 18.4. The standard InChI is InChI=1S/C26H20FN5O3/c27-21-5-1-3-16(9-21)20-12-28-25(29-13-20)31-22-6-2-4-17(10-22)24(33)30-23-8-7-18-14-32(26(34)35)15-19(18)11-23/h1-13H,14-15H2,(H,30,33)(H,34,35)(H,28,29,31). The second-order valence-electron chi connectivity index (χ2n) is 8.09. The van der Waals surface area contributed by atoms with Crippen molar-refractivity contribution in [3.8, 4) is 11.1 Å². The van der Waals surface area contributed by atoms with Crippen molar-refractivity contribution in [2.75, 3.05) is 10.6 Å². The minimum atomic E-state index is -0.969. The zero-order chi connectivity index (χ0) is 24.4. The number of carbonyl (C=O) groups is 2. The van der Waals surface area contributed by atoms with Crippen molar-refractivity contribution in [2.24, 2.45) is 0 Å². The molecule has 2 heterocycles. The summed E-state index contributed by atoms with van der Waals surface area (Å²) in [7, 11) is 0. The van der Waals surface area contributed by atoms with E-state index in [9.17, 15) is 19.1 Å². The lowest BCUT2D eigenvalue weighted by atomic mass is 10.1. The van der Waals surface area contributed by atoms with Crippen LogP contribution in [0.1, 0.15) is 21.5 Å². The number of aromatic nitrogens is 2. The van der Waals surface area contributed by atoms with E-state index in [1.165, 1.54) is 17.0 Å². The minimum Gasteiger partial charge on any atom is -0.465 e. The fourth-order valence-electron chi connectivity index (χ4n) is 3.89. The Kier molecular flexibility index (Phi) is 5.80. The van der Waals surface area contributed by atoms with Gasteiger partial charge in [0, 0.05) is 48.0 Å². The fourth-order valence-corrected chi connectivity index (χ4v) is 3.89. The molecule has 4 aromatic rings. The van der Waals surface area contributed by atoms with Gasteiger partial charge in [0.25, 0.3) is 5.91 Å². The molecule has 3 aromatic carbocycles. The smallest absolute Gasteiger partial charge is 0.407 e. The molecule has 0 saturated carbocycles. The molecular weight excluding hydrogens is 449 g/mol. The van der Waals surface area contributed by atoms with Gasteiger partial charge in [-0.3, -0.25) is 9.69 Å². The van der Waals surface area contributed by atoms with Gasteiger partial charge in [-0.15, -0.1) is 0 Å². The first-order chi connectivity index (χ1) is 16.9. The zero-order valence-corrected chi connectivity index (χ0v) is 18.4. The number of rotatable bonds is 5. The highest BCUT2D eigenvalue weighted by Gasteiger charge is 2.23. The number of carboxylic acid groups (broad SMARTS) is 1. The van der Waals surface area contributed by atoms with Gasteiger partial charge in [0.1, 0.15) is 5.82 Å². The molecule has 1 aliphatic heterocycles. The van der Waals surface area contributed by atoms with E-state index in [1.807, 2.05) is 6.07 Å². The largest absolute Gasteiger partial charge is 0.465 e. The van der Waals surface area contributed by atoms with Crippen molar-refractivity contribution in [1.29, 1.82) is 0 Å². The molecule has 0 aliphatic carbocycles. The average molecular weight is 469 g/mol. The summed E-state index contributed by atoms with van der Waals surface area (Å²) in [5, 5.41) is 15.1. The van der Waals surface area contributed by atoms with Crippen LogP contribution >= 0.6 is 0 Å². The van der Waals surface area contributed by atoms with Gasteiger partial charge in [0.05, 0.1) is 0 Å². The molecule has 0 bridgehead atoms. The van der Waals surface area contributed by atoms with E-state index >= 15 is 0 Å². The van der Waals surface area contributed by atoms with E-state index in [0.717, 1.165) is 11.1 Å². The summed E-state index contributed by atoms with van der Waals surface area (Å²) in [5.74, 6) is -0.296. The van der Waals surface area contributed by atoms with Crippen molar-refractivity contribution >= 4 is 29.3 Å². The van der Waals surface area contributed by atoms with E-state index in [0.29, 0.717) is 47.1 Å². The molecular formula is C26H20FN5O3. The first-order valence-electron chi connectivity index (χ1n) is 10.8. The van der Waals surface area contributed by atoms with Crippen LogP contribution in [-0.2, 0) is 13.1 Å². The van der Waals surface area contributed by atoms with E-state index in [4.69, 9.17) is 0 Å². The third kappa shape index (κ3) is 4.93. The van der Waals surface area contributed by atoms with Crippen molar-refractivity contribution < 1.29 is 19.1 Å². The summed E-state index contributed by atoms with van der Waals surface area (Å²) in [4.78, 5) is 33.9. The topological polar surface area (TPSA) is 107 Å². The SMILES string of the molecule is O=C(Nc1ccc2c(c1)CN(C(=O)O)C2)c1cccc(Nc2ncc(-c3cccc(F)c3)cn2)c1. The third-order valence-electron chi connectivity index (χ3n) is 5.65. The second kappa shape index (κ2) is 9.22. The number of nitrogens with one attached hydrogen (secondary N) is 2. The number of anilines is 3. The Morgan fingerprint density at radius 1 is 0.857 bits per heavy atom. The lowest BCUT2D eigenvalue weighted by Crippen LogP contribution is -2.22. The molecule has 0 saturated heterocycles. The van der Waals surface area contributed by atoms with Gasteiger partial charge in [-0.1, -0.05) is 24.3 Å². The molecule has 3 N–H and O–H groups in total. The summed E-state index contributed by atoms with van der Waals surface area (Å²) in [6, 6.07) is 18.5. The summed E-state index contributed by atoms with van der Waals surface area (Å²) in [6.45, 7) is 0.643. The van der Waals surface area contributed by atoms with Gasteiger partial charge in [0.2, 0.25) is 5.95 Å². The van der Waals surface area contributed by atoms with Gasteiger partial charge >= 0.3 is 6.09 Å². The van der Waals surface area contributed by atoms with E-state index < -0.39 is 6.09 Å². The summed E-state index contributed by atoms with van der Waals surface area (Å²) < 4.78 is 13.5. The predicted octanol–water partition coefficient (Wildman–Crippen LogP) is 5.27. The Balaban J connectivity index is 1.26. The Morgan fingerprint density at radius 3 is 2.40 bits per heavy atom. The van der Waals surface area contributed by atoms with Crippen LogP contribution in [0.4, 0.5) is 26.5 Å². The molecule has 8 nitrogen and oxygen atoms in total. The monoisotopic (exact) mass is 469 g/mol. The van der Waals surface area contributed by atoms with Crippen LogP contribution in [0.15, 0.2) is 79.1 Å². The van der Waals surface area contributed by atoms with Crippen LogP contribution in [-0.4, -0.2) is 32.0 Å². The number of halogens is 1. The van der Waals surface area contributed by atoms with E-state index in [1.54, 1.807) is 60.9 Å². The first-order valence-corrected chi connectivity index (χ1v) is 10.8. The molecule has 174 valence electrons. The van der Waals surface area contributed by atoms with E-state index in [-0.39, 0.29) is 11.7 Å². The summed E-state index contributed by atoms with van der Waals surface area (Å²) in [5.41, 5.74) is 4.82. The van der Waals surface area contributed by atoms with Crippen LogP contribution in [0.2, 0.25) is 0 Å². The van der Waals surface area contributed by atoms with Crippen LogP contribution in [0, 0.1) is 5.82 Å². The molecule has 0 spiro atoms. The predicted molar refractivity (Wildman–Crippen MR) is 129 cm³/mol. The molecule has 35 heavy (non-hydrogen) atoms. The number of hydrogen-bond acceptors (Lipinski definition) is 5. The molecule has 0 atom stereocenters.